The molecule has 8 heteroatoms. The fourth-order valence-electron chi connectivity index (χ4n) is 3.34. The molecule has 4 rings (SSSR count). The van der Waals surface area contributed by atoms with Crippen LogP contribution < -0.4 is 4.74 Å². The van der Waals surface area contributed by atoms with Gasteiger partial charge in [-0.25, -0.2) is 4.39 Å². The van der Waals surface area contributed by atoms with E-state index in [2.05, 4.69) is 25.9 Å². The van der Waals surface area contributed by atoms with Crippen LogP contribution in [0.1, 0.15) is 11.1 Å². The molecule has 3 aromatic rings. The van der Waals surface area contributed by atoms with Crippen LogP contribution in [0.25, 0.3) is 22.3 Å². The fraction of sp³-hybridized carbons (Fsp3) is 0.350. The molecule has 0 aliphatic carbocycles. The quantitative estimate of drug-likeness (QED) is 0.731. The number of morpholine rings is 1. The zero-order chi connectivity index (χ0) is 19.5. The van der Waals surface area contributed by atoms with E-state index in [4.69, 9.17) is 9.47 Å². The highest BCUT2D eigenvalue weighted by atomic mass is 19.1. The van der Waals surface area contributed by atoms with Gasteiger partial charge in [-0.2, -0.15) is 15.2 Å². The van der Waals surface area contributed by atoms with Crippen molar-refractivity contribution in [1.29, 1.82) is 5.26 Å². The largest absolute Gasteiger partial charge is 0.462 e. The van der Waals surface area contributed by atoms with Crippen LogP contribution in [-0.4, -0.2) is 59.3 Å². The molecule has 1 saturated heterocycles. The van der Waals surface area contributed by atoms with Crippen molar-refractivity contribution in [2.75, 3.05) is 39.5 Å². The smallest absolute Gasteiger partial charge is 0.319 e. The average molecular weight is 381 g/mol. The topological polar surface area (TPSA) is 87.1 Å². The molecular weight excluding hydrogens is 361 g/mol. The SMILES string of the molecule is Cc1cc(F)ccc1-c1nc(OCCN2CCOCC2)nc2[nH]cc(C#N)c12. The van der Waals surface area contributed by atoms with Gasteiger partial charge < -0.3 is 14.5 Å². The molecule has 0 amide bonds. The number of ether oxygens (including phenoxy) is 2. The number of hydrogen-bond acceptors (Lipinski definition) is 6. The number of nitrogens with zero attached hydrogens (tertiary/aromatic N) is 4. The summed E-state index contributed by atoms with van der Waals surface area (Å²) in [5.41, 5.74) is 2.98. The van der Waals surface area contributed by atoms with Crippen molar-refractivity contribution < 1.29 is 13.9 Å². The molecule has 1 aliphatic heterocycles. The van der Waals surface area contributed by atoms with E-state index >= 15 is 0 Å². The standard InChI is InChI=1S/C20H20FN5O2/c1-13-10-15(21)2-3-16(13)18-17-14(11-22)12-23-19(17)25-20(24-18)28-9-6-26-4-7-27-8-5-26/h2-3,10,12H,4-9H2,1H3,(H,23,24,25). The van der Waals surface area contributed by atoms with Gasteiger partial charge in [0.15, 0.2) is 0 Å². The first-order valence-corrected chi connectivity index (χ1v) is 9.14. The summed E-state index contributed by atoms with van der Waals surface area (Å²) in [5.74, 6) is -0.317. The Morgan fingerprint density at radius 3 is 2.89 bits per heavy atom. The first-order chi connectivity index (χ1) is 13.7. The minimum Gasteiger partial charge on any atom is -0.462 e. The maximum atomic E-state index is 13.6. The molecule has 0 atom stereocenters. The van der Waals surface area contributed by atoms with E-state index in [0.717, 1.165) is 44.0 Å². The Morgan fingerprint density at radius 2 is 2.14 bits per heavy atom. The summed E-state index contributed by atoms with van der Waals surface area (Å²) in [6, 6.07) is 6.87. The van der Waals surface area contributed by atoms with Crippen molar-refractivity contribution in [3.05, 3.63) is 41.3 Å². The summed E-state index contributed by atoms with van der Waals surface area (Å²) in [5, 5.41) is 10.0. The minimum atomic E-state index is -0.317. The van der Waals surface area contributed by atoms with Gasteiger partial charge in [0.05, 0.1) is 29.9 Å². The number of benzene rings is 1. The fourth-order valence-corrected chi connectivity index (χ4v) is 3.34. The van der Waals surface area contributed by atoms with Gasteiger partial charge in [-0.3, -0.25) is 4.90 Å². The summed E-state index contributed by atoms with van der Waals surface area (Å²) in [7, 11) is 0. The van der Waals surface area contributed by atoms with Gasteiger partial charge in [0.2, 0.25) is 0 Å². The molecule has 2 aromatic heterocycles. The van der Waals surface area contributed by atoms with Gasteiger partial charge in [0.25, 0.3) is 0 Å². The molecule has 28 heavy (non-hydrogen) atoms. The van der Waals surface area contributed by atoms with Crippen LogP contribution in [0.3, 0.4) is 0 Å². The van der Waals surface area contributed by atoms with E-state index in [9.17, 15) is 9.65 Å². The minimum absolute atomic E-state index is 0.228. The van der Waals surface area contributed by atoms with Crippen LogP contribution in [-0.2, 0) is 4.74 Å². The van der Waals surface area contributed by atoms with Crippen molar-refractivity contribution >= 4 is 11.0 Å². The number of nitrogens with one attached hydrogen (secondary N) is 1. The number of fused-ring (bicyclic) bond motifs is 1. The van der Waals surface area contributed by atoms with E-state index in [-0.39, 0.29) is 11.8 Å². The lowest BCUT2D eigenvalue weighted by Crippen LogP contribution is -2.38. The maximum Gasteiger partial charge on any atom is 0.319 e. The number of rotatable bonds is 5. The summed E-state index contributed by atoms with van der Waals surface area (Å²) in [6.45, 7) is 6.23. The lowest BCUT2D eigenvalue weighted by atomic mass is 10.0. The molecule has 1 aliphatic rings. The Labute approximate surface area is 161 Å². The Balaban J connectivity index is 1.66. The van der Waals surface area contributed by atoms with Crippen LogP contribution in [0.5, 0.6) is 6.01 Å². The molecule has 3 heterocycles. The van der Waals surface area contributed by atoms with Crippen LogP contribution in [0.4, 0.5) is 4.39 Å². The molecule has 0 bridgehead atoms. The van der Waals surface area contributed by atoms with E-state index in [1.165, 1.54) is 12.1 Å². The van der Waals surface area contributed by atoms with Gasteiger partial charge in [-0.15, -0.1) is 0 Å². The van der Waals surface area contributed by atoms with Gasteiger partial charge in [0.1, 0.15) is 24.1 Å². The summed E-state index contributed by atoms with van der Waals surface area (Å²) in [6.07, 6.45) is 1.60. The number of nitriles is 1. The molecule has 0 radical (unpaired) electrons. The average Bonchev–Trinajstić information content (AvgIpc) is 3.11. The van der Waals surface area contributed by atoms with Crippen molar-refractivity contribution in [3.63, 3.8) is 0 Å². The second kappa shape index (κ2) is 7.92. The molecule has 144 valence electrons. The number of aromatic amines is 1. The van der Waals surface area contributed by atoms with Crippen LogP contribution in [0.15, 0.2) is 24.4 Å². The molecule has 7 nitrogen and oxygen atoms in total. The highest BCUT2D eigenvalue weighted by Crippen LogP contribution is 2.32. The zero-order valence-electron chi connectivity index (χ0n) is 15.5. The van der Waals surface area contributed by atoms with Gasteiger partial charge in [-0.1, -0.05) is 0 Å². The summed E-state index contributed by atoms with van der Waals surface area (Å²) >= 11 is 0. The van der Waals surface area contributed by atoms with Crippen molar-refractivity contribution in [3.8, 4) is 23.3 Å². The molecule has 1 aromatic carbocycles. The first-order valence-electron chi connectivity index (χ1n) is 9.14. The third-order valence-electron chi connectivity index (χ3n) is 4.82. The number of hydrogen-bond donors (Lipinski definition) is 1. The van der Waals surface area contributed by atoms with Crippen LogP contribution in [0.2, 0.25) is 0 Å². The number of halogens is 1. The van der Waals surface area contributed by atoms with E-state index in [0.29, 0.717) is 28.9 Å². The van der Waals surface area contributed by atoms with Crippen LogP contribution >= 0.6 is 0 Å². The highest BCUT2D eigenvalue weighted by Gasteiger charge is 2.18. The first kappa shape index (κ1) is 18.3. The maximum absolute atomic E-state index is 13.6. The number of aryl methyl sites for hydroxylation is 1. The zero-order valence-corrected chi connectivity index (χ0v) is 15.5. The Kier molecular flexibility index (Phi) is 5.19. The molecule has 0 spiro atoms. The lowest BCUT2D eigenvalue weighted by molar-refractivity contribution is 0.0317. The van der Waals surface area contributed by atoms with E-state index < -0.39 is 0 Å². The predicted molar refractivity (Wildman–Crippen MR) is 101 cm³/mol. The highest BCUT2D eigenvalue weighted by molar-refractivity contribution is 5.96. The predicted octanol–water partition coefficient (Wildman–Crippen LogP) is 2.66. The lowest BCUT2D eigenvalue weighted by Gasteiger charge is -2.26. The van der Waals surface area contributed by atoms with E-state index in [1.807, 2.05) is 6.92 Å². The molecular formula is C20H20FN5O2. The van der Waals surface area contributed by atoms with Crippen LogP contribution in [0, 0.1) is 24.1 Å². The molecule has 0 unspecified atom stereocenters. The van der Waals surface area contributed by atoms with E-state index in [1.54, 1.807) is 12.3 Å². The van der Waals surface area contributed by atoms with Crippen molar-refractivity contribution in [1.82, 2.24) is 19.9 Å². The summed E-state index contributed by atoms with van der Waals surface area (Å²) in [4.78, 5) is 14.2. The second-order valence-corrected chi connectivity index (χ2v) is 6.65. The normalized spacial score (nSPS) is 14.9. The number of aromatic nitrogens is 3. The number of H-pyrrole nitrogens is 1. The third-order valence-corrected chi connectivity index (χ3v) is 4.82. The van der Waals surface area contributed by atoms with Crippen molar-refractivity contribution in [2.45, 2.75) is 6.92 Å². The monoisotopic (exact) mass is 381 g/mol. The van der Waals surface area contributed by atoms with Gasteiger partial charge in [-0.05, 0) is 30.7 Å². The Hall–Kier alpha value is -3.02. The van der Waals surface area contributed by atoms with Gasteiger partial charge in [0, 0.05) is 31.4 Å². The van der Waals surface area contributed by atoms with Crippen molar-refractivity contribution in [2.24, 2.45) is 0 Å². The van der Waals surface area contributed by atoms with Gasteiger partial charge >= 0.3 is 6.01 Å². The molecule has 1 N–H and O–H groups in total. The molecule has 0 saturated carbocycles. The Morgan fingerprint density at radius 1 is 1.32 bits per heavy atom. The molecule has 1 fully saturated rings. The second-order valence-electron chi connectivity index (χ2n) is 6.65. The Bertz CT molecular complexity index is 1040. The third kappa shape index (κ3) is 3.67. The summed E-state index contributed by atoms with van der Waals surface area (Å²) < 4.78 is 24.7.